The van der Waals surface area contributed by atoms with Gasteiger partial charge in [-0.2, -0.15) is 5.10 Å². The van der Waals surface area contributed by atoms with Crippen molar-refractivity contribution in [3.63, 3.8) is 0 Å². The van der Waals surface area contributed by atoms with E-state index in [1.807, 2.05) is 50.5 Å². The number of amides is 1. The van der Waals surface area contributed by atoms with E-state index in [4.69, 9.17) is 9.84 Å². The van der Waals surface area contributed by atoms with Gasteiger partial charge in [-0.25, -0.2) is 14.3 Å². The maximum atomic E-state index is 11.9. The lowest BCUT2D eigenvalue weighted by atomic mass is 10.0. The number of benzene rings is 1. The molecule has 0 saturated heterocycles. The number of aromatic nitrogens is 3. The van der Waals surface area contributed by atoms with Gasteiger partial charge in [0.2, 0.25) is 0 Å². The van der Waals surface area contributed by atoms with Crippen LogP contribution >= 0.6 is 0 Å². The molecule has 0 atom stereocenters. The molecule has 1 amide bonds. The summed E-state index contributed by atoms with van der Waals surface area (Å²) in [4.78, 5) is 16.4. The largest absolute Gasteiger partial charge is 0.444 e. The second kappa shape index (κ2) is 9.26. The number of hydrogen-bond donors (Lipinski definition) is 2. The number of alkyl carbamates (subject to hydrolysis) is 1. The normalized spacial score (nSPS) is 11.6. The van der Waals surface area contributed by atoms with Gasteiger partial charge in [-0.1, -0.05) is 12.1 Å². The van der Waals surface area contributed by atoms with Crippen LogP contribution in [0.4, 0.5) is 4.79 Å². The Hall–Kier alpha value is -2.93. The highest BCUT2D eigenvalue weighted by Crippen LogP contribution is 2.26. The maximum absolute atomic E-state index is 11.9. The highest BCUT2D eigenvalue weighted by atomic mass is 16.6. The zero-order valence-electron chi connectivity index (χ0n) is 18.1. The molecule has 2 heterocycles. The van der Waals surface area contributed by atoms with Crippen LogP contribution in [-0.4, -0.2) is 38.0 Å². The predicted octanol–water partition coefficient (Wildman–Crippen LogP) is 4.04. The molecule has 0 spiro atoms. The van der Waals surface area contributed by atoms with E-state index in [2.05, 4.69) is 27.5 Å². The zero-order chi connectivity index (χ0) is 21.7. The summed E-state index contributed by atoms with van der Waals surface area (Å²) in [6, 6.07) is 8.21. The summed E-state index contributed by atoms with van der Waals surface area (Å²) >= 11 is 0. The number of unbranched alkanes of at least 4 members (excludes halogenated alkanes) is 1. The highest BCUT2D eigenvalue weighted by molar-refractivity contribution is 5.77. The maximum Gasteiger partial charge on any atom is 0.407 e. The second-order valence-electron chi connectivity index (χ2n) is 8.46. The van der Waals surface area contributed by atoms with Crippen LogP contribution in [0.2, 0.25) is 0 Å². The summed E-state index contributed by atoms with van der Waals surface area (Å²) < 4.78 is 7.15. The third kappa shape index (κ3) is 5.57. The molecular weight excluding hydrogens is 380 g/mol. The Kier molecular flexibility index (Phi) is 6.72. The van der Waals surface area contributed by atoms with Gasteiger partial charge in [0.15, 0.2) is 0 Å². The standard InChI is InChI=1S/C23H30N4O3/c1-16-11-18(8-9-19(16)13-24-22(29)30-23(2,3)4)21-20-12-17(7-5-6-10-28)14-27(20)26-15-25-21/h8-9,11-12,14-15,28H,5-7,10,13H2,1-4H3,(H,24,29). The van der Waals surface area contributed by atoms with Gasteiger partial charge in [0.1, 0.15) is 11.9 Å². The van der Waals surface area contributed by atoms with Crippen LogP contribution in [0.1, 0.15) is 50.3 Å². The number of ether oxygens (including phenoxy) is 1. The molecule has 3 rings (SSSR count). The molecule has 0 aliphatic rings. The number of aliphatic hydroxyl groups is 1. The molecule has 7 nitrogen and oxygen atoms in total. The van der Waals surface area contributed by atoms with Crippen molar-refractivity contribution in [3.8, 4) is 11.3 Å². The van der Waals surface area contributed by atoms with E-state index >= 15 is 0 Å². The number of hydrogen-bond acceptors (Lipinski definition) is 5. The fourth-order valence-electron chi connectivity index (χ4n) is 3.31. The number of fused-ring (bicyclic) bond motifs is 1. The molecule has 3 aromatic rings. The average Bonchev–Trinajstić information content (AvgIpc) is 3.08. The van der Waals surface area contributed by atoms with Gasteiger partial charge in [0.05, 0.1) is 11.2 Å². The minimum atomic E-state index is -0.518. The van der Waals surface area contributed by atoms with Gasteiger partial charge in [-0.3, -0.25) is 0 Å². The monoisotopic (exact) mass is 410 g/mol. The zero-order valence-corrected chi connectivity index (χ0v) is 18.1. The lowest BCUT2D eigenvalue weighted by Crippen LogP contribution is -2.32. The summed E-state index contributed by atoms with van der Waals surface area (Å²) in [5.41, 5.74) is 5.57. The second-order valence-corrected chi connectivity index (χ2v) is 8.46. The minimum absolute atomic E-state index is 0.215. The third-order valence-electron chi connectivity index (χ3n) is 4.77. The molecule has 160 valence electrons. The van der Waals surface area contributed by atoms with E-state index in [0.717, 1.165) is 47.2 Å². The first-order valence-corrected chi connectivity index (χ1v) is 10.3. The van der Waals surface area contributed by atoms with Crippen molar-refractivity contribution in [1.82, 2.24) is 19.9 Å². The Morgan fingerprint density at radius 1 is 1.23 bits per heavy atom. The molecule has 30 heavy (non-hydrogen) atoms. The molecule has 2 N–H and O–H groups in total. The lowest BCUT2D eigenvalue weighted by Gasteiger charge is -2.20. The summed E-state index contributed by atoms with van der Waals surface area (Å²) in [5, 5.41) is 16.1. The topological polar surface area (TPSA) is 88.8 Å². The van der Waals surface area contributed by atoms with Gasteiger partial charge in [-0.05, 0) is 75.8 Å². The van der Waals surface area contributed by atoms with Crippen molar-refractivity contribution >= 4 is 11.6 Å². The molecule has 0 bridgehead atoms. The number of nitrogens with one attached hydrogen (secondary N) is 1. The van der Waals surface area contributed by atoms with Crippen molar-refractivity contribution in [2.24, 2.45) is 0 Å². The van der Waals surface area contributed by atoms with Crippen LogP contribution in [0, 0.1) is 6.92 Å². The van der Waals surface area contributed by atoms with Crippen LogP contribution in [0.15, 0.2) is 36.8 Å². The molecule has 2 aromatic heterocycles. The number of nitrogens with zero attached hydrogens (tertiary/aromatic N) is 3. The van der Waals surface area contributed by atoms with Gasteiger partial charge < -0.3 is 15.2 Å². The first-order valence-electron chi connectivity index (χ1n) is 10.3. The van der Waals surface area contributed by atoms with E-state index in [-0.39, 0.29) is 6.61 Å². The van der Waals surface area contributed by atoms with Gasteiger partial charge in [-0.15, -0.1) is 0 Å². The Bertz CT molecular complexity index is 1020. The average molecular weight is 411 g/mol. The van der Waals surface area contributed by atoms with E-state index in [1.165, 1.54) is 5.56 Å². The molecule has 0 radical (unpaired) electrons. The van der Waals surface area contributed by atoms with Gasteiger partial charge >= 0.3 is 6.09 Å². The summed E-state index contributed by atoms with van der Waals surface area (Å²) in [6.07, 6.45) is 5.79. The van der Waals surface area contributed by atoms with E-state index in [9.17, 15) is 4.79 Å². The van der Waals surface area contributed by atoms with Crippen molar-refractivity contribution in [3.05, 3.63) is 53.5 Å². The first-order chi connectivity index (χ1) is 14.3. The number of rotatable bonds is 7. The van der Waals surface area contributed by atoms with Crippen LogP contribution in [0.3, 0.4) is 0 Å². The van der Waals surface area contributed by atoms with E-state index in [0.29, 0.717) is 6.54 Å². The van der Waals surface area contributed by atoms with E-state index in [1.54, 1.807) is 6.33 Å². The van der Waals surface area contributed by atoms with Crippen molar-refractivity contribution in [2.45, 2.75) is 59.1 Å². The quantitative estimate of drug-likeness (QED) is 0.574. The molecule has 1 aromatic carbocycles. The van der Waals surface area contributed by atoms with Crippen molar-refractivity contribution in [1.29, 1.82) is 0 Å². The Morgan fingerprint density at radius 3 is 2.73 bits per heavy atom. The number of carbonyl (C=O) groups is 1. The third-order valence-corrected chi connectivity index (χ3v) is 4.77. The lowest BCUT2D eigenvalue weighted by molar-refractivity contribution is 0.0523. The van der Waals surface area contributed by atoms with E-state index < -0.39 is 11.7 Å². The molecule has 0 unspecified atom stereocenters. The number of aliphatic hydroxyl groups excluding tert-OH is 1. The van der Waals surface area contributed by atoms with Crippen molar-refractivity contribution < 1.29 is 14.6 Å². The van der Waals surface area contributed by atoms with Crippen LogP contribution in [0.25, 0.3) is 16.8 Å². The molecule has 7 heteroatoms. The smallest absolute Gasteiger partial charge is 0.407 e. The summed E-state index contributed by atoms with van der Waals surface area (Å²) in [6.45, 7) is 8.16. The molecule has 0 aliphatic heterocycles. The van der Waals surface area contributed by atoms with Crippen LogP contribution in [-0.2, 0) is 17.7 Å². The van der Waals surface area contributed by atoms with Crippen molar-refractivity contribution in [2.75, 3.05) is 6.61 Å². The van der Waals surface area contributed by atoms with Gasteiger partial charge in [0, 0.05) is 24.9 Å². The minimum Gasteiger partial charge on any atom is -0.444 e. The SMILES string of the molecule is Cc1cc(-c2ncnn3cc(CCCCO)cc23)ccc1CNC(=O)OC(C)(C)C. The first kappa shape index (κ1) is 21.8. The summed E-state index contributed by atoms with van der Waals surface area (Å²) in [7, 11) is 0. The summed E-state index contributed by atoms with van der Waals surface area (Å²) in [5.74, 6) is 0. The number of carbonyl (C=O) groups excluding carboxylic acids is 1. The Balaban J connectivity index is 1.77. The van der Waals surface area contributed by atoms with Gasteiger partial charge in [0.25, 0.3) is 0 Å². The fourth-order valence-corrected chi connectivity index (χ4v) is 3.31. The Morgan fingerprint density at radius 2 is 2.03 bits per heavy atom. The molecule has 0 fully saturated rings. The molecule has 0 saturated carbocycles. The number of aryl methyl sites for hydroxylation is 2. The molecule has 0 aliphatic carbocycles. The van der Waals surface area contributed by atoms with Crippen LogP contribution < -0.4 is 5.32 Å². The predicted molar refractivity (Wildman–Crippen MR) is 116 cm³/mol. The highest BCUT2D eigenvalue weighted by Gasteiger charge is 2.16. The fraction of sp³-hybridized carbons (Fsp3) is 0.435. The Labute approximate surface area is 177 Å². The molecular formula is C23H30N4O3. The van der Waals surface area contributed by atoms with Crippen LogP contribution in [0.5, 0.6) is 0 Å².